The maximum atomic E-state index is 10.2. The highest BCUT2D eigenvalue weighted by molar-refractivity contribution is 8.13. The molecule has 0 saturated carbocycles. The lowest BCUT2D eigenvalue weighted by Crippen LogP contribution is -2.29. The maximum absolute atomic E-state index is 10.2. The summed E-state index contributed by atoms with van der Waals surface area (Å²) in [4.78, 5) is 15.7. The molecule has 0 aromatic carbocycles. The molecule has 1 N–H and O–H groups in total. The van der Waals surface area contributed by atoms with Crippen LogP contribution in [0.15, 0.2) is 4.99 Å². The standard InChI is InChI=1S/C6H12N2O2S/c1-7-6(11-3)8(2)4-5(9)10/h4H2,1-3H3,(H,9,10)/b7-6+. The zero-order chi connectivity index (χ0) is 8.85. The van der Waals surface area contributed by atoms with Gasteiger partial charge in [0, 0.05) is 14.1 Å². The van der Waals surface area contributed by atoms with E-state index in [1.165, 1.54) is 11.8 Å². The molecule has 4 nitrogen and oxygen atoms in total. The molecule has 0 aromatic rings. The molecular formula is C6H12N2O2S. The third-order valence-electron chi connectivity index (χ3n) is 1.07. The average Bonchev–Trinajstić information content (AvgIpc) is 1.88. The van der Waals surface area contributed by atoms with Crippen molar-refractivity contribution < 1.29 is 9.90 Å². The Morgan fingerprint density at radius 1 is 1.73 bits per heavy atom. The van der Waals surface area contributed by atoms with Crippen LogP contribution >= 0.6 is 11.8 Å². The summed E-state index contributed by atoms with van der Waals surface area (Å²) in [5.41, 5.74) is 0. The molecule has 5 heteroatoms. The highest BCUT2D eigenvalue weighted by Gasteiger charge is 2.07. The molecule has 0 heterocycles. The van der Waals surface area contributed by atoms with Gasteiger partial charge in [-0.2, -0.15) is 0 Å². The Morgan fingerprint density at radius 3 is 2.55 bits per heavy atom. The minimum atomic E-state index is -0.845. The first-order valence-electron chi connectivity index (χ1n) is 3.05. The number of thioether (sulfide) groups is 1. The summed E-state index contributed by atoms with van der Waals surface area (Å²) < 4.78 is 0. The number of carbonyl (C=O) groups is 1. The van der Waals surface area contributed by atoms with Crippen LogP contribution in [0.4, 0.5) is 0 Å². The van der Waals surface area contributed by atoms with Crippen LogP contribution in [0.5, 0.6) is 0 Å². The number of aliphatic imine (C=N–C) groups is 1. The van der Waals surface area contributed by atoms with Crippen LogP contribution in [-0.2, 0) is 4.79 Å². The molecule has 11 heavy (non-hydrogen) atoms. The third kappa shape index (κ3) is 3.87. The Labute approximate surface area is 70.3 Å². The van der Waals surface area contributed by atoms with E-state index in [1.807, 2.05) is 6.26 Å². The number of carboxylic acids is 1. The Morgan fingerprint density at radius 2 is 2.27 bits per heavy atom. The number of carboxylic acid groups (broad SMARTS) is 1. The van der Waals surface area contributed by atoms with Crippen molar-refractivity contribution in [3.63, 3.8) is 0 Å². The van der Waals surface area contributed by atoms with E-state index in [9.17, 15) is 4.79 Å². The predicted molar refractivity (Wildman–Crippen MR) is 47.1 cm³/mol. The van der Waals surface area contributed by atoms with E-state index in [2.05, 4.69) is 4.99 Å². The highest BCUT2D eigenvalue weighted by atomic mass is 32.2. The van der Waals surface area contributed by atoms with Gasteiger partial charge in [-0.05, 0) is 6.26 Å². The minimum absolute atomic E-state index is 0.00644. The van der Waals surface area contributed by atoms with Gasteiger partial charge in [-0.3, -0.25) is 9.79 Å². The van der Waals surface area contributed by atoms with Crippen LogP contribution in [0.25, 0.3) is 0 Å². The lowest BCUT2D eigenvalue weighted by molar-refractivity contribution is -0.137. The molecule has 0 amide bonds. The lowest BCUT2D eigenvalue weighted by atomic mass is 10.6. The average molecular weight is 176 g/mol. The van der Waals surface area contributed by atoms with Crippen molar-refractivity contribution in [2.24, 2.45) is 4.99 Å². The van der Waals surface area contributed by atoms with Crippen LogP contribution < -0.4 is 0 Å². The molecular weight excluding hydrogens is 164 g/mol. The lowest BCUT2D eigenvalue weighted by Gasteiger charge is -2.15. The van der Waals surface area contributed by atoms with Gasteiger partial charge >= 0.3 is 5.97 Å². The van der Waals surface area contributed by atoms with E-state index in [0.717, 1.165) is 5.17 Å². The van der Waals surface area contributed by atoms with Crippen molar-refractivity contribution in [2.75, 3.05) is 26.9 Å². The van der Waals surface area contributed by atoms with Crippen LogP contribution in [0, 0.1) is 0 Å². The summed E-state index contributed by atoms with van der Waals surface area (Å²) in [6.45, 7) is -0.00644. The second kappa shape index (κ2) is 5.01. The van der Waals surface area contributed by atoms with Crippen molar-refractivity contribution in [1.82, 2.24) is 4.90 Å². The quantitative estimate of drug-likeness (QED) is 0.487. The fourth-order valence-electron chi connectivity index (χ4n) is 0.688. The van der Waals surface area contributed by atoms with E-state index >= 15 is 0 Å². The second-order valence-corrected chi connectivity index (χ2v) is 2.73. The number of rotatable bonds is 2. The zero-order valence-electron chi connectivity index (χ0n) is 6.87. The van der Waals surface area contributed by atoms with E-state index in [0.29, 0.717) is 0 Å². The topological polar surface area (TPSA) is 52.9 Å². The number of likely N-dealkylation sites (N-methyl/N-ethyl adjacent to an activating group) is 1. The summed E-state index contributed by atoms with van der Waals surface area (Å²) in [5.74, 6) is -0.845. The van der Waals surface area contributed by atoms with Crippen molar-refractivity contribution in [3.8, 4) is 0 Å². The van der Waals surface area contributed by atoms with Crippen molar-refractivity contribution >= 4 is 22.9 Å². The van der Waals surface area contributed by atoms with Gasteiger partial charge in [0.15, 0.2) is 5.17 Å². The van der Waals surface area contributed by atoms with E-state index in [1.54, 1.807) is 19.0 Å². The fraction of sp³-hybridized carbons (Fsp3) is 0.667. The molecule has 0 fully saturated rings. The molecule has 0 radical (unpaired) electrons. The number of amidine groups is 1. The van der Waals surface area contributed by atoms with Gasteiger partial charge in [0.1, 0.15) is 6.54 Å². The second-order valence-electron chi connectivity index (χ2n) is 1.96. The van der Waals surface area contributed by atoms with Gasteiger partial charge in [0.05, 0.1) is 0 Å². The molecule has 0 atom stereocenters. The Hall–Kier alpha value is -0.710. The van der Waals surface area contributed by atoms with Crippen LogP contribution in [0.3, 0.4) is 0 Å². The van der Waals surface area contributed by atoms with E-state index in [4.69, 9.17) is 5.11 Å². The number of nitrogens with zero attached hydrogens (tertiary/aromatic N) is 2. The van der Waals surface area contributed by atoms with Gasteiger partial charge in [-0.1, -0.05) is 11.8 Å². The predicted octanol–water partition coefficient (Wildman–Crippen LogP) is 0.352. The van der Waals surface area contributed by atoms with Gasteiger partial charge in [-0.25, -0.2) is 0 Å². The number of aliphatic carboxylic acids is 1. The summed E-state index contributed by atoms with van der Waals surface area (Å²) >= 11 is 1.43. The highest BCUT2D eigenvalue weighted by Crippen LogP contribution is 2.01. The molecule has 64 valence electrons. The third-order valence-corrected chi connectivity index (χ3v) is 1.93. The van der Waals surface area contributed by atoms with Gasteiger partial charge in [0.25, 0.3) is 0 Å². The first-order chi connectivity index (χ1) is 5.11. The normalized spacial score (nSPS) is 11.4. The van der Waals surface area contributed by atoms with Gasteiger partial charge in [0.2, 0.25) is 0 Å². The smallest absolute Gasteiger partial charge is 0.323 e. The Kier molecular flexibility index (Phi) is 4.69. The van der Waals surface area contributed by atoms with Crippen LogP contribution in [-0.4, -0.2) is 48.0 Å². The molecule has 0 aromatic heterocycles. The van der Waals surface area contributed by atoms with Crippen LogP contribution in [0.1, 0.15) is 0 Å². The SMILES string of the molecule is C/N=C(/SC)N(C)CC(=O)O. The first kappa shape index (κ1) is 10.3. The zero-order valence-corrected chi connectivity index (χ0v) is 7.68. The maximum Gasteiger partial charge on any atom is 0.323 e. The Balaban J connectivity index is 4.00. The molecule has 0 aliphatic carbocycles. The summed E-state index contributed by atoms with van der Waals surface area (Å²) in [7, 11) is 3.34. The molecule has 0 rings (SSSR count). The van der Waals surface area contributed by atoms with Crippen molar-refractivity contribution in [2.45, 2.75) is 0 Å². The molecule has 0 bridgehead atoms. The summed E-state index contributed by atoms with van der Waals surface area (Å²) in [6, 6.07) is 0. The van der Waals surface area contributed by atoms with E-state index < -0.39 is 5.97 Å². The molecule has 0 saturated heterocycles. The summed E-state index contributed by atoms with van der Waals surface area (Å²) in [6.07, 6.45) is 1.86. The molecule has 0 aliphatic heterocycles. The van der Waals surface area contributed by atoms with Gasteiger partial charge < -0.3 is 10.0 Å². The Bertz CT molecular complexity index is 170. The minimum Gasteiger partial charge on any atom is -0.480 e. The van der Waals surface area contributed by atoms with Crippen LogP contribution in [0.2, 0.25) is 0 Å². The fourth-order valence-corrected chi connectivity index (χ4v) is 1.25. The molecule has 0 spiro atoms. The molecule has 0 unspecified atom stereocenters. The summed E-state index contributed by atoms with van der Waals surface area (Å²) in [5, 5.41) is 9.15. The molecule has 0 aliphatic rings. The number of hydrogen-bond acceptors (Lipinski definition) is 3. The monoisotopic (exact) mass is 176 g/mol. The van der Waals surface area contributed by atoms with Gasteiger partial charge in [-0.15, -0.1) is 0 Å². The van der Waals surface area contributed by atoms with E-state index in [-0.39, 0.29) is 6.54 Å². The van der Waals surface area contributed by atoms with Crippen molar-refractivity contribution in [3.05, 3.63) is 0 Å². The largest absolute Gasteiger partial charge is 0.480 e. The first-order valence-corrected chi connectivity index (χ1v) is 4.28. The number of hydrogen-bond donors (Lipinski definition) is 1. The van der Waals surface area contributed by atoms with Crippen molar-refractivity contribution in [1.29, 1.82) is 0 Å².